The second-order valence-electron chi connectivity index (χ2n) is 8.01. The highest BCUT2D eigenvalue weighted by Crippen LogP contribution is 2.29. The summed E-state index contributed by atoms with van der Waals surface area (Å²) in [7, 11) is 0. The third-order valence-electron chi connectivity index (χ3n) is 5.22. The molecule has 1 aliphatic carbocycles. The average molecular weight is 444 g/mol. The predicted molar refractivity (Wildman–Crippen MR) is 116 cm³/mol. The van der Waals surface area contributed by atoms with Gasteiger partial charge in [0, 0.05) is 36.9 Å². The molecule has 0 radical (unpaired) electrons. The molecule has 10 heteroatoms. The van der Waals surface area contributed by atoms with E-state index >= 15 is 0 Å². The van der Waals surface area contributed by atoms with E-state index in [-0.39, 0.29) is 12.2 Å². The molecule has 0 atom stereocenters. The maximum atomic E-state index is 13.3. The number of hydrogen-bond acceptors (Lipinski definition) is 8. The molecule has 32 heavy (non-hydrogen) atoms. The van der Waals surface area contributed by atoms with E-state index in [0.29, 0.717) is 18.2 Å². The Balaban J connectivity index is 1.25. The standard InChI is InChI=1S/C22H26F2N6O2/c1-15(27-32-13-17-5-8-19(9-6-17)22(2,23)24)18-7-10-21(25-11-18)31-14-20-26-28-29-30(20)12-16-3-4-16/h5-11,16,28-29H,3-4,12-14H2,1-2H3/b27-15+. The zero-order chi connectivity index (χ0) is 22.6. The van der Waals surface area contributed by atoms with Gasteiger partial charge in [0.05, 0.1) is 5.71 Å². The molecule has 1 aromatic carbocycles. The van der Waals surface area contributed by atoms with Crippen LogP contribution in [0.1, 0.15) is 43.4 Å². The van der Waals surface area contributed by atoms with E-state index in [0.717, 1.165) is 36.3 Å². The van der Waals surface area contributed by atoms with Crippen molar-refractivity contribution in [3.05, 3.63) is 59.3 Å². The van der Waals surface area contributed by atoms with E-state index in [1.54, 1.807) is 31.3 Å². The van der Waals surface area contributed by atoms with Crippen molar-refractivity contribution in [3.63, 3.8) is 0 Å². The maximum Gasteiger partial charge on any atom is 0.270 e. The first-order valence-electron chi connectivity index (χ1n) is 10.5. The summed E-state index contributed by atoms with van der Waals surface area (Å²) in [6.45, 7) is 4.07. The summed E-state index contributed by atoms with van der Waals surface area (Å²) in [5.41, 5.74) is 7.91. The molecular formula is C22H26F2N6O2. The van der Waals surface area contributed by atoms with Crippen LogP contribution in [0.2, 0.25) is 0 Å². The number of oxime groups is 1. The van der Waals surface area contributed by atoms with Crippen molar-refractivity contribution >= 4 is 11.5 Å². The molecule has 0 saturated heterocycles. The van der Waals surface area contributed by atoms with Crippen molar-refractivity contribution in [1.29, 1.82) is 0 Å². The van der Waals surface area contributed by atoms with Crippen LogP contribution in [-0.4, -0.2) is 34.7 Å². The topological polar surface area (TPSA) is 83.4 Å². The highest BCUT2D eigenvalue weighted by atomic mass is 19.3. The molecule has 2 aromatic rings. The lowest BCUT2D eigenvalue weighted by molar-refractivity contribution is 0.0174. The monoisotopic (exact) mass is 444 g/mol. The number of pyridine rings is 1. The Morgan fingerprint density at radius 2 is 1.97 bits per heavy atom. The molecule has 4 rings (SSSR count). The van der Waals surface area contributed by atoms with Crippen molar-refractivity contribution < 1.29 is 18.4 Å². The fourth-order valence-electron chi connectivity index (χ4n) is 3.06. The Morgan fingerprint density at radius 3 is 2.62 bits per heavy atom. The van der Waals surface area contributed by atoms with Crippen molar-refractivity contribution in [2.24, 2.45) is 16.2 Å². The van der Waals surface area contributed by atoms with Crippen LogP contribution in [0.25, 0.3) is 0 Å². The molecule has 1 fully saturated rings. The number of hydrazone groups is 1. The number of amidine groups is 1. The first kappa shape index (κ1) is 21.9. The number of ether oxygens (including phenoxy) is 1. The number of nitrogens with zero attached hydrogens (tertiary/aromatic N) is 4. The molecule has 170 valence electrons. The highest BCUT2D eigenvalue weighted by Gasteiger charge is 2.28. The minimum atomic E-state index is -2.86. The summed E-state index contributed by atoms with van der Waals surface area (Å²) < 4.78 is 32.3. The molecule has 0 spiro atoms. The lowest BCUT2D eigenvalue weighted by Crippen LogP contribution is -2.43. The summed E-state index contributed by atoms with van der Waals surface area (Å²) in [4.78, 5) is 9.68. The van der Waals surface area contributed by atoms with Gasteiger partial charge in [-0.25, -0.2) is 19.3 Å². The number of rotatable bonds is 10. The number of hydrogen-bond donors (Lipinski definition) is 2. The van der Waals surface area contributed by atoms with E-state index in [1.165, 1.54) is 25.0 Å². The van der Waals surface area contributed by atoms with Gasteiger partial charge in [0.1, 0.15) is 6.61 Å². The van der Waals surface area contributed by atoms with Gasteiger partial charge in [-0.05, 0) is 37.3 Å². The van der Waals surface area contributed by atoms with Crippen LogP contribution in [0.5, 0.6) is 5.88 Å². The third kappa shape index (κ3) is 5.91. The molecule has 0 amide bonds. The van der Waals surface area contributed by atoms with Crippen LogP contribution in [0, 0.1) is 5.92 Å². The lowest BCUT2D eigenvalue weighted by atomic mass is 10.1. The molecule has 1 aliphatic heterocycles. The number of hydrazine groups is 2. The first-order chi connectivity index (χ1) is 15.4. The van der Waals surface area contributed by atoms with Crippen molar-refractivity contribution in [2.45, 2.75) is 39.2 Å². The van der Waals surface area contributed by atoms with Crippen LogP contribution in [0.3, 0.4) is 0 Å². The molecule has 2 aliphatic rings. The van der Waals surface area contributed by atoms with Crippen molar-refractivity contribution in [2.75, 3.05) is 13.2 Å². The Kier molecular flexibility index (Phi) is 6.50. The molecule has 1 aromatic heterocycles. The van der Waals surface area contributed by atoms with Gasteiger partial charge in [0.15, 0.2) is 12.4 Å². The average Bonchev–Trinajstić information content (AvgIpc) is 3.49. The highest BCUT2D eigenvalue weighted by molar-refractivity contribution is 5.98. The van der Waals surface area contributed by atoms with Gasteiger partial charge in [0.2, 0.25) is 5.88 Å². The van der Waals surface area contributed by atoms with E-state index in [2.05, 4.69) is 26.3 Å². The first-order valence-corrected chi connectivity index (χ1v) is 10.5. The quantitative estimate of drug-likeness (QED) is 0.431. The fraction of sp³-hybridized carbons (Fsp3) is 0.409. The molecule has 0 bridgehead atoms. The van der Waals surface area contributed by atoms with Gasteiger partial charge in [-0.1, -0.05) is 29.4 Å². The summed E-state index contributed by atoms with van der Waals surface area (Å²) in [6, 6.07) is 9.61. The number of benzene rings is 1. The normalized spacial score (nSPS) is 16.6. The van der Waals surface area contributed by atoms with Crippen LogP contribution >= 0.6 is 0 Å². The van der Waals surface area contributed by atoms with Gasteiger partial charge < -0.3 is 9.57 Å². The number of halogens is 2. The summed E-state index contributed by atoms with van der Waals surface area (Å²) in [6.07, 6.45) is 4.17. The Morgan fingerprint density at radius 1 is 1.19 bits per heavy atom. The molecule has 1 saturated carbocycles. The number of aromatic nitrogens is 1. The largest absolute Gasteiger partial charge is 0.469 e. The van der Waals surface area contributed by atoms with Gasteiger partial charge in [0.25, 0.3) is 5.92 Å². The second-order valence-corrected chi connectivity index (χ2v) is 8.01. The third-order valence-corrected chi connectivity index (χ3v) is 5.22. The van der Waals surface area contributed by atoms with Crippen molar-refractivity contribution in [1.82, 2.24) is 21.1 Å². The Hall–Kier alpha value is -3.27. The summed E-state index contributed by atoms with van der Waals surface area (Å²) in [5.74, 6) is -0.874. The zero-order valence-corrected chi connectivity index (χ0v) is 18.0. The molecule has 0 unspecified atom stereocenters. The maximum absolute atomic E-state index is 13.3. The van der Waals surface area contributed by atoms with Crippen LogP contribution in [-0.2, 0) is 17.4 Å². The second kappa shape index (κ2) is 9.47. The van der Waals surface area contributed by atoms with Gasteiger partial charge >= 0.3 is 0 Å². The summed E-state index contributed by atoms with van der Waals surface area (Å²) >= 11 is 0. The predicted octanol–water partition coefficient (Wildman–Crippen LogP) is 3.56. The van der Waals surface area contributed by atoms with Crippen LogP contribution in [0.15, 0.2) is 52.9 Å². The minimum absolute atomic E-state index is 0.0301. The molecular weight excluding hydrogens is 418 g/mol. The molecule has 2 heterocycles. The van der Waals surface area contributed by atoms with E-state index in [9.17, 15) is 8.78 Å². The van der Waals surface area contributed by atoms with Gasteiger partial charge in [-0.15, -0.1) is 10.6 Å². The fourth-order valence-corrected chi connectivity index (χ4v) is 3.06. The van der Waals surface area contributed by atoms with E-state index < -0.39 is 5.92 Å². The molecule has 2 N–H and O–H groups in total. The van der Waals surface area contributed by atoms with Gasteiger partial charge in [-0.2, -0.15) is 0 Å². The SMILES string of the molecule is C/C(=N\OCc1ccc(C(C)(F)F)cc1)c1ccc(OCC2=NNNN2CC2CC2)nc1. The van der Waals surface area contributed by atoms with E-state index in [1.807, 2.05) is 11.1 Å². The van der Waals surface area contributed by atoms with E-state index in [4.69, 9.17) is 9.57 Å². The lowest BCUT2D eigenvalue weighted by Gasteiger charge is -2.18. The number of alkyl halides is 2. The van der Waals surface area contributed by atoms with Crippen molar-refractivity contribution in [3.8, 4) is 5.88 Å². The van der Waals surface area contributed by atoms with Crippen LogP contribution < -0.4 is 15.8 Å². The Bertz CT molecular complexity index is 969. The van der Waals surface area contributed by atoms with Crippen LogP contribution in [0.4, 0.5) is 8.78 Å². The molecule has 8 nitrogen and oxygen atoms in total. The smallest absolute Gasteiger partial charge is 0.270 e. The minimum Gasteiger partial charge on any atom is -0.469 e. The number of nitrogens with one attached hydrogen (secondary N) is 2. The Labute approximate surface area is 185 Å². The summed E-state index contributed by atoms with van der Waals surface area (Å²) in [5, 5.41) is 10.2. The zero-order valence-electron chi connectivity index (χ0n) is 18.0. The van der Waals surface area contributed by atoms with Gasteiger partial charge in [-0.3, -0.25) is 5.01 Å².